The number of hydrogen-bond acceptors (Lipinski definition) is 1. The fourth-order valence-electron chi connectivity index (χ4n) is 8.26. The first-order valence-electron chi connectivity index (χ1n) is 18.0. The predicted octanol–water partition coefficient (Wildman–Crippen LogP) is 12.7. The van der Waals surface area contributed by atoms with E-state index in [-0.39, 0.29) is 5.41 Å². The molecule has 0 heterocycles. The molecule has 1 nitrogen and oxygen atoms in total. The number of fused-ring (bicyclic) bond motifs is 3. The fraction of sp³-hybridized carbons (Fsp3) is 0.143. The molecular formula is C49H41N. The van der Waals surface area contributed by atoms with Crippen LogP contribution in [0.5, 0.6) is 0 Å². The van der Waals surface area contributed by atoms with Crippen LogP contribution in [0.2, 0.25) is 0 Å². The van der Waals surface area contributed by atoms with Gasteiger partial charge in [-0.1, -0.05) is 147 Å². The second kappa shape index (κ2) is 12.3. The number of hydrogen-bond donors (Lipinski definition) is 0. The van der Waals surface area contributed by atoms with Crippen molar-refractivity contribution in [2.45, 2.75) is 44.9 Å². The molecule has 0 fully saturated rings. The molecule has 0 aliphatic heterocycles. The van der Waals surface area contributed by atoms with Gasteiger partial charge < -0.3 is 4.90 Å². The highest BCUT2D eigenvalue weighted by atomic mass is 15.1. The fourth-order valence-corrected chi connectivity index (χ4v) is 8.26. The molecule has 242 valence electrons. The van der Waals surface area contributed by atoms with E-state index in [4.69, 9.17) is 0 Å². The van der Waals surface area contributed by atoms with Crippen molar-refractivity contribution in [3.05, 3.63) is 197 Å². The van der Waals surface area contributed by atoms with E-state index in [1.807, 2.05) is 0 Å². The summed E-state index contributed by atoms with van der Waals surface area (Å²) in [7, 11) is 0. The summed E-state index contributed by atoms with van der Waals surface area (Å²) in [6, 6.07) is 61.3. The first-order valence-corrected chi connectivity index (χ1v) is 18.0. The molecule has 0 spiro atoms. The van der Waals surface area contributed by atoms with E-state index in [1.54, 1.807) is 0 Å². The van der Waals surface area contributed by atoms with Crippen LogP contribution >= 0.6 is 0 Å². The Labute approximate surface area is 296 Å². The van der Waals surface area contributed by atoms with E-state index < -0.39 is 0 Å². The summed E-state index contributed by atoms with van der Waals surface area (Å²) in [6.45, 7) is 4.79. The summed E-state index contributed by atoms with van der Waals surface area (Å²) in [4.78, 5) is 2.53. The van der Waals surface area contributed by atoms with E-state index in [1.165, 1.54) is 83.8 Å². The SMILES string of the molecule is CC1(C)c2cc(N(c3ccc(-c4ccccc4)cc3)c3cc4ccc3CCc3ccc(cc3)CC4)ccc2-c2c(-c3ccccc3)cccc21. The Kier molecular flexibility index (Phi) is 7.50. The van der Waals surface area contributed by atoms with E-state index in [2.05, 4.69) is 183 Å². The van der Waals surface area contributed by atoms with Crippen LogP contribution in [0.15, 0.2) is 164 Å². The standard InChI is InChI=1S/C49H41N/c1-49(2)45-15-9-14-43(39-12-7-4-8-13-39)48(45)44-31-30-42(33-46(44)49)50(41-28-26-38(27-29-41)37-10-5-3-6-11-37)47-32-36-21-20-34-16-18-35(19-17-34)22-24-40(47)25-23-36/h3-19,23,25-33H,20-22,24H2,1-2H3. The second-order valence-corrected chi connectivity index (χ2v) is 14.5. The topological polar surface area (TPSA) is 3.24 Å². The van der Waals surface area contributed by atoms with E-state index in [9.17, 15) is 0 Å². The van der Waals surface area contributed by atoms with Crippen molar-refractivity contribution >= 4 is 17.1 Å². The Morgan fingerprint density at radius 2 is 1.02 bits per heavy atom. The summed E-state index contributed by atoms with van der Waals surface area (Å²) in [6.07, 6.45) is 4.06. The van der Waals surface area contributed by atoms with Gasteiger partial charge in [0, 0.05) is 22.5 Å². The van der Waals surface area contributed by atoms with Crippen molar-refractivity contribution in [1.82, 2.24) is 0 Å². The Morgan fingerprint density at radius 3 is 1.74 bits per heavy atom. The quantitative estimate of drug-likeness (QED) is 0.180. The maximum Gasteiger partial charge on any atom is 0.0496 e. The summed E-state index contributed by atoms with van der Waals surface area (Å²) in [5, 5.41) is 0. The van der Waals surface area contributed by atoms with Crippen LogP contribution in [-0.4, -0.2) is 0 Å². The highest BCUT2D eigenvalue weighted by Crippen LogP contribution is 2.53. The molecule has 0 amide bonds. The van der Waals surface area contributed by atoms with Crippen molar-refractivity contribution in [2.75, 3.05) is 4.90 Å². The summed E-state index contributed by atoms with van der Waals surface area (Å²) < 4.78 is 0. The summed E-state index contributed by atoms with van der Waals surface area (Å²) in [5.41, 5.74) is 19.6. The van der Waals surface area contributed by atoms with Crippen molar-refractivity contribution in [1.29, 1.82) is 0 Å². The van der Waals surface area contributed by atoms with Gasteiger partial charge in [-0.15, -0.1) is 0 Å². The van der Waals surface area contributed by atoms with Gasteiger partial charge in [0.2, 0.25) is 0 Å². The van der Waals surface area contributed by atoms with Gasteiger partial charge in [-0.25, -0.2) is 0 Å². The molecule has 0 atom stereocenters. The molecule has 7 aromatic carbocycles. The average Bonchev–Trinajstić information content (AvgIpc) is 3.40. The van der Waals surface area contributed by atoms with Crippen LogP contribution in [-0.2, 0) is 31.1 Å². The van der Waals surface area contributed by atoms with Gasteiger partial charge >= 0.3 is 0 Å². The van der Waals surface area contributed by atoms with Crippen LogP contribution in [0, 0.1) is 0 Å². The molecular weight excluding hydrogens is 603 g/mol. The number of rotatable bonds is 5. The highest BCUT2D eigenvalue weighted by Gasteiger charge is 2.37. The van der Waals surface area contributed by atoms with Gasteiger partial charge in [0.25, 0.3) is 0 Å². The minimum absolute atomic E-state index is 0.137. The van der Waals surface area contributed by atoms with Crippen molar-refractivity contribution in [3.8, 4) is 33.4 Å². The van der Waals surface area contributed by atoms with Crippen LogP contribution < -0.4 is 4.90 Å². The lowest BCUT2D eigenvalue weighted by Gasteiger charge is -2.30. The molecule has 50 heavy (non-hydrogen) atoms. The molecule has 0 saturated heterocycles. The van der Waals surface area contributed by atoms with Gasteiger partial charge in [-0.3, -0.25) is 0 Å². The highest BCUT2D eigenvalue weighted by molar-refractivity contribution is 5.94. The number of aryl methyl sites for hydroxylation is 4. The van der Waals surface area contributed by atoms with Crippen LogP contribution in [0.1, 0.15) is 47.2 Å². The molecule has 0 aromatic heterocycles. The molecule has 4 bridgehead atoms. The zero-order chi connectivity index (χ0) is 33.7. The van der Waals surface area contributed by atoms with Crippen molar-refractivity contribution in [3.63, 3.8) is 0 Å². The first-order chi connectivity index (χ1) is 24.5. The third-order valence-corrected chi connectivity index (χ3v) is 11.1. The van der Waals surface area contributed by atoms with Gasteiger partial charge in [-0.2, -0.15) is 0 Å². The molecule has 5 aliphatic carbocycles. The smallest absolute Gasteiger partial charge is 0.0496 e. The minimum Gasteiger partial charge on any atom is -0.310 e. The summed E-state index contributed by atoms with van der Waals surface area (Å²) in [5.74, 6) is 0. The molecule has 5 aliphatic rings. The Morgan fingerprint density at radius 1 is 0.420 bits per heavy atom. The third kappa shape index (κ3) is 5.35. The first kappa shape index (κ1) is 30.4. The maximum absolute atomic E-state index is 2.53. The van der Waals surface area contributed by atoms with E-state index >= 15 is 0 Å². The molecule has 1 heteroatoms. The maximum atomic E-state index is 2.53. The zero-order valence-corrected chi connectivity index (χ0v) is 28.9. The van der Waals surface area contributed by atoms with Gasteiger partial charge in [0.05, 0.1) is 0 Å². The van der Waals surface area contributed by atoms with Crippen molar-refractivity contribution in [2.24, 2.45) is 0 Å². The Hall–Kier alpha value is -5.66. The minimum atomic E-state index is -0.137. The monoisotopic (exact) mass is 643 g/mol. The molecule has 0 saturated carbocycles. The lowest BCUT2D eigenvalue weighted by Crippen LogP contribution is -2.17. The molecule has 0 unspecified atom stereocenters. The number of benzene rings is 7. The molecule has 7 aromatic rings. The van der Waals surface area contributed by atoms with E-state index in [0.717, 1.165) is 25.7 Å². The number of nitrogens with zero attached hydrogens (tertiary/aromatic N) is 1. The molecule has 0 N–H and O–H groups in total. The number of anilines is 3. The van der Waals surface area contributed by atoms with Gasteiger partial charge in [0.1, 0.15) is 0 Å². The average molecular weight is 644 g/mol. The lowest BCUT2D eigenvalue weighted by molar-refractivity contribution is 0.660. The Balaban J connectivity index is 1.21. The second-order valence-electron chi connectivity index (χ2n) is 14.5. The third-order valence-electron chi connectivity index (χ3n) is 11.1. The largest absolute Gasteiger partial charge is 0.310 e. The normalized spacial score (nSPS) is 14.0. The molecule has 0 radical (unpaired) electrons. The van der Waals surface area contributed by atoms with Crippen LogP contribution in [0.25, 0.3) is 33.4 Å². The van der Waals surface area contributed by atoms with Gasteiger partial charge in [0.15, 0.2) is 0 Å². The van der Waals surface area contributed by atoms with Crippen LogP contribution in [0.4, 0.5) is 17.1 Å². The van der Waals surface area contributed by atoms with Gasteiger partial charge in [-0.05, 0) is 123 Å². The summed E-state index contributed by atoms with van der Waals surface area (Å²) >= 11 is 0. The van der Waals surface area contributed by atoms with Crippen LogP contribution in [0.3, 0.4) is 0 Å². The molecule has 12 rings (SSSR count). The predicted molar refractivity (Wildman–Crippen MR) is 211 cm³/mol. The lowest BCUT2D eigenvalue weighted by atomic mass is 9.81. The van der Waals surface area contributed by atoms with E-state index in [0.29, 0.717) is 0 Å². The van der Waals surface area contributed by atoms with Crippen molar-refractivity contribution < 1.29 is 0 Å². The zero-order valence-electron chi connectivity index (χ0n) is 28.9. The Bertz CT molecular complexity index is 2310.